The Balaban J connectivity index is 0.00000312. The number of carbonyl (C=O) groups is 1. The Morgan fingerprint density at radius 1 is 1.20 bits per heavy atom. The van der Waals surface area contributed by atoms with Gasteiger partial charge in [-0.25, -0.2) is 12.7 Å². The first kappa shape index (κ1) is 21.9. The van der Waals surface area contributed by atoms with Crippen LogP contribution in [-0.2, 0) is 21.4 Å². The van der Waals surface area contributed by atoms with Gasteiger partial charge in [-0.2, -0.15) is 0 Å². The van der Waals surface area contributed by atoms with Crippen molar-refractivity contribution in [3.63, 3.8) is 0 Å². The number of nitrogens with zero attached hydrogens (tertiary/aromatic N) is 3. The summed E-state index contributed by atoms with van der Waals surface area (Å²) < 4.78 is 25.6. The van der Waals surface area contributed by atoms with E-state index < -0.39 is 10.0 Å². The summed E-state index contributed by atoms with van der Waals surface area (Å²) in [6.45, 7) is 3.99. The molecule has 0 atom stereocenters. The van der Waals surface area contributed by atoms with Crippen LogP contribution in [0.25, 0.3) is 0 Å². The molecule has 1 aromatic rings. The summed E-state index contributed by atoms with van der Waals surface area (Å²) in [6.07, 6.45) is 0. The van der Waals surface area contributed by atoms with Gasteiger partial charge in [0.15, 0.2) is 0 Å². The van der Waals surface area contributed by atoms with Crippen LogP contribution in [0.3, 0.4) is 0 Å². The van der Waals surface area contributed by atoms with Crippen molar-refractivity contribution in [2.75, 3.05) is 53.9 Å². The van der Waals surface area contributed by atoms with Gasteiger partial charge in [0, 0.05) is 46.8 Å². The van der Waals surface area contributed by atoms with E-state index in [9.17, 15) is 13.2 Å². The van der Waals surface area contributed by atoms with Crippen molar-refractivity contribution in [2.24, 2.45) is 0 Å². The third-order valence-corrected chi connectivity index (χ3v) is 5.82. The molecule has 2 rings (SSSR count). The molecule has 142 valence electrons. The number of hydrogen-bond acceptors (Lipinski definition) is 5. The van der Waals surface area contributed by atoms with Crippen molar-refractivity contribution in [3.8, 4) is 0 Å². The fourth-order valence-corrected chi connectivity index (χ4v) is 3.60. The molecule has 7 nitrogen and oxygen atoms in total. The summed E-state index contributed by atoms with van der Waals surface area (Å²) in [5.74, 6) is 0.107. The summed E-state index contributed by atoms with van der Waals surface area (Å²) in [7, 11) is 1.45. The zero-order valence-corrected chi connectivity index (χ0v) is 16.6. The van der Waals surface area contributed by atoms with Crippen LogP contribution < -0.4 is 5.32 Å². The second-order valence-corrected chi connectivity index (χ2v) is 8.39. The monoisotopic (exact) mass is 390 g/mol. The van der Waals surface area contributed by atoms with E-state index in [0.717, 1.165) is 31.7 Å². The third kappa shape index (κ3) is 5.93. The molecular weight excluding hydrogens is 364 g/mol. The average Bonchev–Trinajstić information content (AvgIpc) is 2.55. The molecule has 1 aliphatic rings. The highest BCUT2D eigenvalue weighted by atomic mass is 35.5. The Bertz CT molecular complexity index is 676. The normalized spacial score (nSPS) is 15.3. The van der Waals surface area contributed by atoms with E-state index in [1.54, 1.807) is 18.2 Å². The molecule has 0 saturated carbocycles. The predicted molar refractivity (Wildman–Crippen MR) is 100 cm³/mol. The van der Waals surface area contributed by atoms with E-state index >= 15 is 0 Å². The summed E-state index contributed by atoms with van der Waals surface area (Å²) in [6, 6.07) is 6.87. The van der Waals surface area contributed by atoms with Crippen LogP contribution in [-0.4, -0.2) is 82.3 Å². The lowest BCUT2D eigenvalue weighted by Crippen LogP contribution is -2.49. The number of sulfonamides is 1. The van der Waals surface area contributed by atoms with Crippen molar-refractivity contribution in [1.29, 1.82) is 0 Å². The van der Waals surface area contributed by atoms with Gasteiger partial charge in [0.25, 0.3) is 0 Å². The molecule has 1 amide bonds. The second kappa shape index (κ2) is 9.49. The highest BCUT2D eigenvalue weighted by molar-refractivity contribution is 7.89. The van der Waals surface area contributed by atoms with Gasteiger partial charge in [-0.3, -0.25) is 9.69 Å². The Hall–Kier alpha value is -1.19. The number of hydrogen-bond donors (Lipinski definition) is 1. The lowest BCUT2D eigenvalue weighted by atomic mass is 10.2. The first-order chi connectivity index (χ1) is 11.3. The van der Waals surface area contributed by atoms with E-state index in [2.05, 4.69) is 5.32 Å². The predicted octanol–water partition coefficient (Wildman–Crippen LogP) is 0.222. The molecule has 1 aliphatic heterocycles. The van der Waals surface area contributed by atoms with Crippen molar-refractivity contribution in [1.82, 2.24) is 19.4 Å². The lowest BCUT2D eigenvalue weighted by Gasteiger charge is -2.29. The zero-order valence-electron chi connectivity index (χ0n) is 14.9. The van der Waals surface area contributed by atoms with Crippen LogP contribution in [0.1, 0.15) is 5.56 Å². The van der Waals surface area contributed by atoms with Crippen molar-refractivity contribution in [3.05, 3.63) is 29.8 Å². The molecule has 1 aromatic carbocycles. The number of carbonyl (C=O) groups excluding carboxylic acids is 1. The molecule has 25 heavy (non-hydrogen) atoms. The standard InChI is InChI=1S/C16H26N4O3S.ClH/c1-18(2)24(22,23)15-6-4-5-14(11-15)12-19(3)13-16(21)20-9-7-17-8-10-20;/h4-6,11,17H,7-10,12-13H2,1-3H3;1H. The molecule has 0 aromatic heterocycles. The van der Waals surface area contributed by atoms with E-state index in [1.165, 1.54) is 18.4 Å². The van der Waals surface area contributed by atoms with Crippen LogP contribution in [0.15, 0.2) is 29.2 Å². The smallest absolute Gasteiger partial charge is 0.242 e. The Morgan fingerprint density at radius 3 is 2.44 bits per heavy atom. The average molecular weight is 391 g/mol. The topological polar surface area (TPSA) is 73.0 Å². The first-order valence-corrected chi connectivity index (χ1v) is 9.43. The maximum absolute atomic E-state index is 12.3. The van der Waals surface area contributed by atoms with Gasteiger partial charge in [0.1, 0.15) is 0 Å². The number of amides is 1. The van der Waals surface area contributed by atoms with E-state index in [0.29, 0.717) is 13.1 Å². The van der Waals surface area contributed by atoms with Crippen LogP contribution in [0.5, 0.6) is 0 Å². The fourth-order valence-electron chi connectivity index (χ4n) is 2.63. The zero-order chi connectivity index (χ0) is 17.7. The third-order valence-electron chi connectivity index (χ3n) is 4.00. The summed E-state index contributed by atoms with van der Waals surface area (Å²) in [4.78, 5) is 16.3. The van der Waals surface area contributed by atoms with Crippen LogP contribution in [0.2, 0.25) is 0 Å². The quantitative estimate of drug-likeness (QED) is 0.752. The van der Waals surface area contributed by atoms with Crippen molar-refractivity contribution < 1.29 is 13.2 Å². The maximum Gasteiger partial charge on any atom is 0.242 e. The molecule has 0 bridgehead atoms. The molecule has 0 unspecified atom stereocenters. The largest absolute Gasteiger partial charge is 0.339 e. The minimum absolute atomic E-state index is 0. The SMILES string of the molecule is CN(CC(=O)N1CCNCC1)Cc1cccc(S(=O)(=O)N(C)C)c1.Cl. The first-order valence-electron chi connectivity index (χ1n) is 7.99. The van der Waals surface area contributed by atoms with Gasteiger partial charge in [-0.15, -0.1) is 12.4 Å². The molecule has 0 radical (unpaired) electrons. The number of benzene rings is 1. The van der Waals surface area contributed by atoms with E-state index in [-0.39, 0.29) is 23.2 Å². The molecule has 0 spiro atoms. The Kier molecular flexibility index (Phi) is 8.30. The number of likely N-dealkylation sites (N-methyl/N-ethyl adjacent to an activating group) is 1. The Labute approximate surface area is 156 Å². The van der Waals surface area contributed by atoms with Gasteiger partial charge in [0.2, 0.25) is 15.9 Å². The van der Waals surface area contributed by atoms with Crippen LogP contribution in [0, 0.1) is 0 Å². The van der Waals surface area contributed by atoms with E-state index in [1.807, 2.05) is 22.9 Å². The summed E-state index contributed by atoms with van der Waals surface area (Å²) in [5.41, 5.74) is 0.869. The highest BCUT2D eigenvalue weighted by Crippen LogP contribution is 2.15. The van der Waals surface area contributed by atoms with Gasteiger partial charge in [0.05, 0.1) is 11.4 Å². The molecule has 1 heterocycles. The van der Waals surface area contributed by atoms with Crippen LogP contribution in [0.4, 0.5) is 0 Å². The molecule has 1 fully saturated rings. The lowest BCUT2D eigenvalue weighted by molar-refractivity contribution is -0.132. The van der Waals surface area contributed by atoms with Gasteiger partial charge < -0.3 is 10.2 Å². The van der Waals surface area contributed by atoms with Crippen molar-refractivity contribution >= 4 is 28.3 Å². The van der Waals surface area contributed by atoms with Gasteiger partial charge in [-0.1, -0.05) is 12.1 Å². The minimum atomic E-state index is -3.44. The van der Waals surface area contributed by atoms with Gasteiger partial charge >= 0.3 is 0 Å². The minimum Gasteiger partial charge on any atom is -0.339 e. The number of halogens is 1. The number of rotatable bonds is 6. The molecule has 1 N–H and O–H groups in total. The van der Waals surface area contributed by atoms with Crippen molar-refractivity contribution in [2.45, 2.75) is 11.4 Å². The van der Waals surface area contributed by atoms with E-state index in [4.69, 9.17) is 0 Å². The summed E-state index contributed by atoms with van der Waals surface area (Å²) in [5, 5.41) is 3.22. The Morgan fingerprint density at radius 2 is 1.84 bits per heavy atom. The second-order valence-electron chi connectivity index (χ2n) is 6.24. The molecule has 1 saturated heterocycles. The molecule has 9 heteroatoms. The number of nitrogens with one attached hydrogen (secondary N) is 1. The molecular formula is C16H27ClN4O3S. The fraction of sp³-hybridized carbons (Fsp3) is 0.562. The maximum atomic E-state index is 12.3. The summed E-state index contributed by atoms with van der Waals surface area (Å²) >= 11 is 0. The van der Waals surface area contributed by atoms with Crippen LogP contribution >= 0.6 is 12.4 Å². The number of piperazine rings is 1. The molecule has 0 aliphatic carbocycles. The highest BCUT2D eigenvalue weighted by Gasteiger charge is 2.19. The van der Waals surface area contributed by atoms with Gasteiger partial charge in [-0.05, 0) is 24.7 Å².